The predicted octanol–water partition coefficient (Wildman–Crippen LogP) is 3.03. The molecule has 2 rings (SSSR count). The summed E-state index contributed by atoms with van der Waals surface area (Å²) < 4.78 is 5.12. The van der Waals surface area contributed by atoms with E-state index in [4.69, 9.17) is 4.42 Å². The molecule has 0 saturated heterocycles. The molecule has 0 aliphatic heterocycles. The summed E-state index contributed by atoms with van der Waals surface area (Å²) in [6.07, 6.45) is 3.21. The zero-order chi connectivity index (χ0) is 9.52. The van der Waals surface area contributed by atoms with E-state index in [1.807, 2.05) is 37.3 Å². The maximum Gasteiger partial charge on any atom is 0.133 e. The standard InChI is InChI=1S/C8H6O.C3H6O/c1-2-4-8-7(3-1)5-6-9-8;1-2-3-4/h1-6H;3H,2H2,1H3. The van der Waals surface area contributed by atoms with E-state index in [-0.39, 0.29) is 0 Å². The van der Waals surface area contributed by atoms with Gasteiger partial charge in [0.2, 0.25) is 0 Å². The van der Waals surface area contributed by atoms with Crippen LogP contribution in [-0.2, 0) is 4.79 Å². The summed E-state index contributed by atoms with van der Waals surface area (Å²) in [6.45, 7) is 1.81. The average Bonchev–Trinajstić information content (AvgIpc) is 2.66. The zero-order valence-corrected chi connectivity index (χ0v) is 7.57. The lowest BCUT2D eigenvalue weighted by Gasteiger charge is -1.81. The van der Waals surface area contributed by atoms with Crippen LogP contribution >= 0.6 is 0 Å². The monoisotopic (exact) mass is 176 g/mol. The van der Waals surface area contributed by atoms with E-state index in [2.05, 4.69) is 0 Å². The second-order valence-corrected chi connectivity index (χ2v) is 2.53. The highest BCUT2D eigenvalue weighted by atomic mass is 16.3. The lowest BCUT2D eigenvalue weighted by Crippen LogP contribution is -1.57. The molecule has 2 nitrogen and oxygen atoms in total. The fourth-order valence-corrected chi connectivity index (χ4v) is 0.906. The molecule has 1 aromatic heterocycles. The molecule has 0 atom stereocenters. The largest absolute Gasteiger partial charge is 0.464 e. The summed E-state index contributed by atoms with van der Waals surface area (Å²) in [4.78, 5) is 9.17. The Morgan fingerprint density at radius 2 is 2.00 bits per heavy atom. The van der Waals surface area contributed by atoms with Crippen molar-refractivity contribution in [3.8, 4) is 0 Å². The van der Waals surface area contributed by atoms with Crippen molar-refractivity contribution >= 4 is 17.3 Å². The quantitative estimate of drug-likeness (QED) is 0.625. The Morgan fingerprint density at radius 3 is 2.62 bits per heavy atom. The third-order valence-electron chi connectivity index (χ3n) is 1.53. The van der Waals surface area contributed by atoms with Crippen molar-refractivity contribution < 1.29 is 9.21 Å². The molecule has 1 heterocycles. The van der Waals surface area contributed by atoms with Crippen molar-refractivity contribution in [1.29, 1.82) is 0 Å². The number of hydrogen-bond donors (Lipinski definition) is 0. The van der Waals surface area contributed by atoms with Crippen LogP contribution in [0.5, 0.6) is 0 Å². The Bertz CT molecular complexity index is 333. The first-order valence-corrected chi connectivity index (χ1v) is 4.24. The van der Waals surface area contributed by atoms with Crippen LogP contribution in [-0.4, -0.2) is 6.29 Å². The Morgan fingerprint density at radius 1 is 1.31 bits per heavy atom. The average molecular weight is 176 g/mol. The van der Waals surface area contributed by atoms with Gasteiger partial charge in [-0.15, -0.1) is 0 Å². The first-order valence-electron chi connectivity index (χ1n) is 4.24. The topological polar surface area (TPSA) is 30.2 Å². The number of rotatable bonds is 1. The molecule has 0 saturated carbocycles. The van der Waals surface area contributed by atoms with Crippen molar-refractivity contribution in [2.24, 2.45) is 0 Å². The molecular formula is C11H12O2. The zero-order valence-electron chi connectivity index (χ0n) is 7.57. The summed E-state index contributed by atoms with van der Waals surface area (Å²) in [5.41, 5.74) is 0.956. The second kappa shape index (κ2) is 5.14. The normalized spacial score (nSPS) is 9.00. The molecule has 1 aromatic carbocycles. The van der Waals surface area contributed by atoms with Gasteiger partial charge in [-0.1, -0.05) is 25.1 Å². The van der Waals surface area contributed by atoms with Crippen LogP contribution in [0.3, 0.4) is 0 Å². The Kier molecular flexibility index (Phi) is 3.76. The van der Waals surface area contributed by atoms with Gasteiger partial charge in [-0.2, -0.15) is 0 Å². The van der Waals surface area contributed by atoms with E-state index < -0.39 is 0 Å². The second-order valence-electron chi connectivity index (χ2n) is 2.53. The van der Waals surface area contributed by atoms with Crippen molar-refractivity contribution in [3.63, 3.8) is 0 Å². The number of para-hydroxylation sites is 1. The van der Waals surface area contributed by atoms with Gasteiger partial charge in [0.05, 0.1) is 6.26 Å². The van der Waals surface area contributed by atoms with Crippen LogP contribution in [0.1, 0.15) is 13.3 Å². The van der Waals surface area contributed by atoms with Gasteiger partial charge in [0, 0.05) is 11.8 Å². The Balaban J connectivity index is 0.000000184. The van der Waals surface area contributed by atoms with Gasteiger partial charge in [-0.25, -0.2) is 0 Å². The number of hydrogen-bond acceptors (Lipinski definition) is 2. The summed E-state index contributed by atoms with van der Waals surface area (Å²) in [6, 6.07) is 9.90. The van der Waals surface area contributed by atoms with Crippen LogP contribution in [0, 0.1) is 0 Å². The van der Waals surface area contributed by atoms with Gasteiger partial charge in [0.1, 0.15) is 11.9 Å². The number of carbonyl (C=O) groups is 1. The van der Waals surface area contributed by atoms with Crippen LogP contribution in [0.15, 0.2) is 41.0 Å². The third kappa shape index (κ3) is 2.75. The number of furan rings is 1. The first-order chi connectivity index (χ1) is 6.38. The molecule has 13 heavy (non-hydrogen) atoms. The Hall–Kier alpha value is -1.57. The van der Waals surface area contributed by atoms with Crippen molar-refractivity contribution in [1.82, 2.24) is 0 Å². The summed E-state index contributed by atoms with van der Waals surface area (Å²) in [7, 11) is 0. The minimum atomic E-state index is 0.639. The first kappa shape index (κ1) is 9.52. The van der Waals surface area contributed by atoms with E-state index in [1.54, 1.807) is 6.26 Å². The SMILES string of the molecule is CCC=O.c1ccc2occc2c1. The molecule has 2 aromatic rings. The molecule has 0 bridgehead atoms. The third-order valence-corrected chi connectivity index (χ3v) is 1.53. The van der Waals surface area contributed by atoms with Gasteiger partial charge >= 0.3 is 0 Å². The number of fused-ring (bicyclic) bond motifs is 1. The maximum atomic E-state index is 9.17. The molecule has 2 heteroatoms. The van der Waals surface area contributed by atoms with E-state index >= 15 is 0 Å². The van der Waals surface area contributed by atoms with Crippen LogP contribution < -0.4 is 0 Å². The molecule has 0 unspecified atom stereocenters. The van der Waals surface area contributed by atoms with E-state index in [9.17, 15) is 4.79 Å². The van der Waals surface area contributed by atoms with Crippen molar-refractivity contribution in [2.45, 2.75) is 13.3 Å². The molecule has 0 aliphatic carbocycles. The predicted molar refractivity (Wildman–Crippen MR) is 52.6 cm³/mol. The molecule has 0 aliphatic rings. The number of carbonyl (C=O) groups excluding carboxylic acids is 1. The maximum absolute atomic E-state index is 9.17. The molecule has 0 amide bonds. The van der Waals surface area contributed by atoms with Gasteiger partial charge in [0.15, 0.2) is 0 Å². The van der Waals surface area contributed by atoms with Crippen molar-refractivity contribution in [2.75, 3.05) is 0 Å². The van der Waals surface area contributed by atoms with Gasteiger partial charge in [-0.05, 0) is 12.1 Å². The summed E-state index contributed by atoms with van der Waals surface area (Å²) >= 11 is 0. The molecule has 68 valence electrons. The Labute approximate surface area is 77.2 Å². The van der Waals surface area contributed by atoms with E-state index in [0.29, 0.717) is 6.42 Å². The minimum absolute atomic E-state index is 0.639. The smallest absolute Gasteiger partial charge is 0.133 e. The summed E-state index contributed by atoms with van der Waals surface area (Å²) in [5.74, 6) is 0. The number of benzene rings is 1. The van der Waals surface area contributed by atoms with E-state index in [1.165, 1.54) is 0 Å². The van der Waals surface area contributed by atoms with Gasteiger partial charge < -0.3 is 9.21 Å². The van der Waals surface area contributed by atoms with Crippen LogP contribution in [0.4, 0.5) is 0 Å². The number of aldehydes is 1. The van der Waals surface area contributed by atoms with Crippen LogP contribution in [0.25, 0.3) is 11.0 Å². The highest BCUT2D eigenvalue weighted by molar-refractivity contribution is 5.76. The van der Waals surface area contributed by atoms with Crippen LogP contribution in [0.2, 0.25) is 0 Å². The van der Waals surface area contributed by atoms with Crippen molar-refractivity contribution in [3.05, 3.63) is 36.6 Å². The molecule has 0 fully saturated rings. The lowest BCUT2D eigenvalue weighted by molar-refractivity contribution is -0.107. The minimum Gasteiger partial charge on any atom is -0.464 e. The molecule has 0 N–H and O–H groups in total. The highest BCUT2D eigenvalue weighted by Crippen LogP contribution is 2.12. The molecule has 0 radical (unpaired) electrons. The van der Waals surface area contributed by atoms with Gasteiger partial charge in [-0.3, -0.25) is 0 Å². The van der Waals surface area contributed by atoms with E-state index in [0.717, 1.165) is 17.3 Å². The summed E-state index contributed by atoms with van der Waals surface area (Å²) in [5, 5.41) is 1.16. The highest BCUT2D eigenvalue weighted by Gasteiger charge is 1.89. The molecule has 0 spiro atoms. The van der Waals surface area contributed by atoms with Gasteiger partial charge in [0.25, 0.3) is 0 Å². The lowest BCUT2D eigenvalue weighted by atomic mass is 10.3. The molecular weight excluding hydrogens is 164 g/mol. The fourth-order valence-electron chi connectivity index (χ4n) is 0.906. The fraction of sp³-hybridized carbons (Fsp3) is 0.182.